The Hall–Kier alpha value is -2.96. The quantitative estimate of drug-likeness (QED) is 0.881. The number of hydrogen-bond donors (Lipinski definition) is 1. The summed E-state index contributed by atoms with van der Waals surface area (Å²) in [7, 11) is 1.74. The number of amides is 2. The molecule has 4 rings (SSSR count). The van der Waals surface area contributed by atoms with Crippen molar-refractivity contribution < 1.29 is 9.59 Å². The highest BCUT2D eigenvalue weighted by atomic mass is 16.2. The Labute approximate surface area is 164 Å². The molecule has 7 nitrogen and oxygen atoms in total. The highest BCUT2D eigenvalue weighted by molar-refractivity contribution is 5.93. The largest absolute Gasteiger partial charge is 0.357 e. The van der Waals surface area contributed by atoms with Crippen molar-refractivity contribution in [2.24, 2.45) is 5.41 Å². The van der Waals surface area contributed by atoms with Gasteiger partial charge in [-0.3, -0.25) is 9.59 Å². The molecule has 2 aliphatic heterocycles. The van der Waals surface area contributed by atoms with Crippen molar-refractivity contribution in [2.75, 3.05) is 32.0 Å². The molecule has 2 fully saturated rings. The predicted molar refractivity (Wildman–Crippen MR) is 106 cm³/mol. The fraction of sp³-hybridized carbons (Fsp3) is 0.429. The van der Waals surface area contributed by atoms with E-state index in [9.17, 15) is 9.59 Å². The summed E-state index contributed by atoms with van der Waals surface area (Å²) in [6, 6.07) is 10.1. The lowest BCUT2D eigenvalue weighted by Crippen LogP contribution is -2.44. The van der Waals surface area contributed by atoms with E-state index in [4.69, 9.17) is 0 Å². The molecule has 1 spiro atoms. The van der Waals surface area contributed by atoms with Crippen LogP contribution in [0.25, 0.3) is 0 Å². The van der Waals surface area contributed by atoms with Gasteiger partial charge in [0.2, 0.25) is 11.9 Å². The van der Waals surface area contributed by atoms with Gasteiger partial charge < -0.3 is 15.1 Å². The minimum atomic E-state index is -0.0389. The van der Waals surface area contributed by atoms with Crippen LogP contribution in [0.5, 0.6) is 0 Å². The van der Waals surface area contributed by atoms with E-state index in [0.29, 0.717) is 37.6 Å². The molecule has 28 heavy (non-hydrogen) atoms. The molecule has 1 aromatic carbocycles. The van der Waals surface area contributed by atoms with Crippen LogP contribution in [0.1, 0.15) is 35.2 Å². The number of benzene rings is 1. The highest BCUT2D eigenvalue weighted by Crippen LogP contribution is 2.41. The Kier molecular flexibility index (Phi) is 4.98. The van der Waals surface area contributed by atoms with Gasteiger partial charge in [-0.15, -0.1) is 0 Å². The summed E-state index contributed by atoms with van der Waals surface area (Å²) in [5.74, 6) is 0.680. The molecule has 0 atom stereocenters. The first-order valence-electron chi connectivity index (χ1n) is 9.69. The van der Waals surface area contributed by atoms with Crippen LogP contribution in [0, 0.1) is 5.41 Å². The molecule has 0 saturated carbocycles. The number of likely N-dealkylation sites (tertiary alicyclic amines) is 2. The number of carbonyl (C=O) groups is 2. The summed E-state index contributed by atoms with van der Waals surface area (Å²) in [5, 5.41) is 2.85. The minimum absolute atomic E-state index is 0.00483. The number of nitrogens with one attached hydrogen (secondary N) is 1. The molecule has 1 aromatic heterocycles. The van der Waals surface area contributed by atoms with E-state index in [1.165, 1.54) is 0 Å². The second-order valence-electron chi connectivity index (χ2n) is 7.75. The first-order valence-corrected chi connectivity index (χ1v) is 9.69. The van der Waals surface area contributed by atoms with Gasteiger partial charge in [0.05, 0.1) is 5.56 Å². The topological polar surface area (TPSA) is 78.4 Å². The first kappa shape index (κ1) is 18.4. The average molecular weight is 379 g/mol. The molecule has 0 aliphatic carbocycles. The van der Waals surface area contributed by atoms with Gasteiger partial charge in [-0.2, -0.15) is 0 Å². The van der Waals surface area contributed by atoms with E-state index in [0.717, 1.165) is 24.9 Å². The minimum Gasteiger partial charge on any atom is -0.357 e. The van der Waals surface area contributed by atoms with Gasteiger partial charge in [-0.1, -0.05) is 30.3 Å². The molecule has 2 aliphatic rings. The lowest BCUT2D eigenvalue weighted by Gasteiger charge is -2.38. The summed E-state index contributed by atoms with van der Waals surface area (Å²) < 4.78 is 0. The Morgan fingerprint density at radius 2 is 1.82 bits per heavy atom. The van der Waals surface area contributed by atoms with Crippen LogP contribution in [0.3, 0.4) is 0 Å². The third-order valence-electron chi connectivity index (χ3n) is 5.86. The summed E-state index contributed by atoms with van der Waals surface area (Å²) in [4.78, 5) is 37.4. The van der Waals surface area contributed by atoms with E-state index >= 15 is 0 Å². The molecule has 0 bridgehead atoms. The van der Waals surface area contributed by atoms with Crippen molar-refractivity contribution in [2.45, 2.75) is 25.8 Å². The number of rotatable bonds is 4. The van der Waals surface area contributed by atoms with E-state index in [1.807, 2.05) is 28.0 Å². The average Bonchev–Trinajstić information content (AvgIpc) is 3.03. The van der Waals surface area contributed by atoms with Crippen LogP contribution < -0.4 is 5.32 Å². The third kappa shape index (κ3) is 3.69. The Balaban J connectivity index is 1.36. The van der Waals surface area contributed by atoms with Crippen molar-refractivity contribution in [1.29, 1.82) is 0 Å². The molecular formula is C21H25N5O2. The van der Waals surface area contributed by atoms with Crippen molar-refractivity contribution in [3.8, 4) is 0 Å². The van der Waals surface area contributed by atoms with Crippen LogP contribution in [-0.2, 0) is 11.3 Å². The smallest absolute Gasteiger partial charge is 0.256 e. The van der Waals surface area contributed by atoms with Crippen molar-refractivity contribution in [1.82, 2.24) is 19.8 Å². The zero-order valence-electron chi connectivity index (χ0n) is 16.1. The molecule has 3 heterocycles. The van der Waals surface area contributed by atoms with Gasteiger partial charge in [-0.05, 0) is 18.4 Å². The Morgan fingerprint density at radius 3 is 2.46 bits per heavy atom. The van der Waals surface area contributed by atoms with E-state index in [1.54, 1.807) is 19.4 Å². The maximum Gasteiger partial charge on any atom is 0.256 e. The molecule has 2 amide bonds. The van der Waals surface area contributed by atoms with Gasteiger partial charge in [0.15, 0.2) is 0 Å². The van der Waals surface area contributed by atoms with Crippen molar-refractivity contribution in [3.05, 3.63) is 53.9 Å². The molecule has 2 aromatic rings. The van der Waals surface area contributed by atoms with Crippen molar-refractivity contribution in [3.63, 3.8) is 0 Å². The lowest BCUT2D eigenvalue weighted by atomic mass is 9.77. The zero-order valence-corrected chi connectivity index (χ0v) is 16.1. The van der Waals surface area contributed by atoms with Gasteiger partial charge >= 0.3 is 0 Å². The predicted octanol–water partition coefficient (Wildman–Crippen LogP) is 2.17. The normalized spacial score (nSPS) is 18.5. The van der Waals surface area contributed by atoms with E-state index in [-0.39, 0.29) is 17.2 Å². The number of aromatic nitrogens is 2. The number of piperidine rings is 1. The summed E-state index contributed by atoms with van der Waals surface area (Å²) in [5.41, 5.74) is 1.66. The first-order chi connectivity index (χ1) is 13.6. The van der Waals surface area contributed by atoms with Gasteiger partial charge in [0.25, 0.3) is 5.91 Å². The Morgan fingerprint density at radius 1 is 1.14 bits per heavy atom. The lowest BCUT2D eigenvalue weighted by molar-refractivity contribution is -0.128. The number of carbonyl (C=O) groups excluding carboxylic acids is 2. The summed E-state index contributed by atoms with van der Waals surface area (Å²) in [6.07, 6.45) is 5.41. The molecule has 7 heteroatoms. The molecule has 146 valence electrons. The standard InChI is InChI=1S/C21H25N5O2/c1-22-20-23-12-17(13-24-20)19(28)25-9-7-21(8-10-25)11-18(27)26(15-21)14-16-5-3-2-4-6-16/h2-6,12-13H,7-11,14-15H2,1H3,(H,22,23,24). The van der Waals surface area contributed by atoms with Crippen LogP contribution in [-0.4, -0.2) is 58.3 Å². The number of anilines is 1. The van der Waals surface area contributed by atoms with Crippen LogP contribution in [0.4, 0.5) is 5.95 Å². The van der Waals surface area contributed by atoms with Gasteiger partial charge in [0, 0.05) is 57.5 Å². The van der Waals surface area contributed by atoms with E-state index < -0.39 is 0 Å². The summed E-state index contributed by atoms with van der Waals surface area (Å²) >= 11 is 0. The van der Waals surface area contributed by atoms with Crippen LogP contribution >= 0.6 is 0 Å². The molecule has 2 saturated heterocycles. The summed E-state index contributed by atoms with van der Waals surface area (Å²) in [6.45, 7) is 2.78. The maximum atomic E-state index is 12.7. The number of hydrogen-bond acceptors (Lipinski definition) is 5. The molecular weight excluding hydrogens is 354 g/mol. The second kappa shape index (κ2) is 7.58. The Bertz CT molecular complexity index is 845. The molecule has 1 N–H and O–H groups in total. The zero-order chi connectivity index (χ0) is 19.6. The van der Waals surface area contributed by atoms with Crippen LogP contribution in [0.15, 0.2) is 42.7 Å². The van der Waals surface area contributed by atoms with E-state index in [2.05, 4.69) is 27.4 Å². The number of nitrogens with zero attached hydrogens (tertiary/aromatic N) is 4. The monoisotopic (exact) mass is 379 g/mol. The fourth-order valence-corrected chi connectivity index (χ4v) is 4.20. The highest BCUT2D eigenvalue weighted by Gasteiger charge is 2.45. The van der Waals surface area contributed by atoms with Crippen LogP contribution in [0.2, 0.25) is 0 Å². The third-order valence-corrected chi connectivity index (χ3v) is 5.86. The van der Waals surface area contributed by atoms with Gasteiger partial charge in [0.1, 0.15) is 0 Å². The molecule has 0 unspecified atom stereocenters. The SMILES string of the molecule is CNc1ncc(C(=O)N2CCC3(CC2)CC(=O)N(Cc2ccccc2)C3)cn1. The fourth-order valence-electron chi connectivity index (χ4n) is 4.20. The second-order valence-corrected chi connectivity index (χ2v) is 7.75. The molecule has 0 radical (unpaired) electrons. The maximum absolute atomic E-state index is 12.7. The van der Waals surface area contributed by atoms with Crippen molar-refractivity contribution >= 4 is 17.8 Å². The van der Waals surface area contributed by atoms with Gasteiger partial charge in [-0.25, -0.2) is 9.97 Å².